The van der Waals surface area contributed by atoms with Gasteiger partial charge in [0, 0.05) is 48.8 Å². The molecule has 224 valence electrons. The van der Waals surface area contributed by atoms with Gasteiger partial charge in [0.25, 0.3) is 11.3 Å². The molecule has 0 amide bonds. The topological polar surface area (TPSA) is 49.4 Å². The van der Waals surface area contributed by atoms with E-state index in [-0.39, 0.29) is 6.54 Å². The summed E-state index contributed by atoms with van der Waals surface area (Å²) in [5.41, 5.74) is -12.5. The molecule has 0 saturated carbocycles. The van der Waals surface area contributed by atoms with Crippen molar-refractivity contribution in [2.45, 2.75) is 74.6 Å². The van der Waals surface area contributed by atoms with Gasteiger partial charge < -0.3 is 0 Å². The zero-order valence-electron chi connectivity index (χ0n) is 18.8. The Morgan fingerprint density at radius 2 is 1.08 bits per heavy atom. The van der Waals surface area contributed by atoms with Gasteiger partial charge in [-0.15, -0.1) is 0 Å². The smallest absolute Gasteiger partial charge is 0.251 e. The van der Waals surface area contributed by atoms with Crippen molar-refractivity contribution in [1.29, 1.82) is 0 Å². The zero-order chi connectivity index (χ0) is 29.7. The van der Waals surface area contributed by atoms with Gasteiger partial charge in [-0.05, 0) is 25.8 Å². The molecule has 0 aromatic heterocycles. The first-order valence-corrected chi connectivity index (χ1v) is 12.8. The summed E-state index contributed by atoms with van der Waals surface area (Å²) in [6, 6.07) is 0. The van der Waals surface area contributed by atoms with Crippen LogP contribution in [0.15, 0.2) is 0 Å². The van der Waals surface area contributed by atoms with E-state index in [0.29, 0.717) is 13.0 Å². The summed E-state index contributed by atoms with van der Waals surface area (Å²) < 4.78 is 210. The molecule has 20 heteroatoms. The van der Waals surface area contributed by atoms with Crippen molar-refractivity contribution in [3.05, 3.63) is 0 Å². The van der Waals surface area contributed by atoms with Gasteiger partial charge in [-0.2, -0.15) is 52.7 Å². The molecule has 0 aromatic carbocycles. The Hall–Kier alpha value is -0.380. The highest BCUT2D eigenvalue weighted by Crippen LogP contribution is 2.55. The van der Waals surface area contributed by atoms with E-state index in [9.17, 15) is 69.9 Å². The van der Waals surface area contributed by atoms with Crippen LogP contribution in [0.5, 0.6) is 0 Å². The minimum Gasteiger partial charge on any atom is -0.251 e. The minimum absolute atomic E-state index is 0.0820. The van der Waals surface area contributed by atoms with Crippen LogP contribution in [0.4, 0.5) is 61.5 Å². The summed E-state index contributed by atoms with van der Waals surface area (Å²) in [6.45, 7) is 0.360. The van der Waals surface area contributed by atoms with Gasteiger partial charge in [0.1, 0.15) is 0 Å². The highest BCUT2D eigenvalue weighted by molar-refractivity contribution is 14.1. The average Bonchev–Trinajstić information content (AvgIpc) is 2.64. The van der Waals surface area contributed by atoms with Crippen molar-refractivity contribution in [2.75, 3.05) is 25.9 Å². The molecular formula is C17H23F14IN2O2S. The van der Waals surface area contributed by atoms with E-state index < -0.39 is 89.8 Å². The second-order valence-electron chi connectivity index (χ2n) is 8.26. The van der Waals surface area contributed by atoms with Crippen molar-refractivity contribution < 1.29 is 69.9 Å². The first-order valence-electron chi connectivity index (χ1n) is 10.2. The van der Waals surface area contributed by atoms with E-state index in [1.165, 1.54) is 0 Å². The predicted octanol–water partition coefficient (Wildman–Crippen LogP) is 6.81. The summed E-state index contributed by atoms with van der Waals surface area (Å²) in [4.78, 5) is 0. The first kappa shape index (κ1) is 36.6. The zero-order valence-corrected chi connectivity index (χ0v) is 21.8. The fourth-order valence-corrected chi connectivity index (χ4v) is 4.70. The Balaban J connectivity index is 5.78. The van der Waals surface area contributed by atoms with Gasteiger partial charge in [0.15, 0.2) is 0 Å². The van der Waals surface area contributed by atoms with Crippen LogP contribution in [0.3, 0.4) is 0 Å². The second kappa shape index (κ2) is 12.9. The lowest BCUT2D eigenvalue weighted by Gasteiger charge is -2.37. The Labute approximate surface area is 217 Å². The van der Waals surface area contributed by atoms with Crippen molar-refractivity contribution in [2.24, 2.45) is 5.92 Å². The van der Waals surface area contributed by atoms with Crippen molar-refractivity contribution in [3.63, 3.8) is 0 Å². The van der Waals surface area contributed by atoms with E-state index in [4.69, 9.17) is 0 Å². The molecule has 0 unspecified atom stereocenters. The van der Waals surface area contributed by atoms with Crippen LogP contribution < -0.4 is 4.72 Å². The molecule has 0 saturated heterocycles. The molecular weight excluding hydrogens is 689 g/mol. The molecule has 0 bridgehead atoms. The van der Waals surface area contributed by atoms with Gasteiger partial charge in [-0.25, -0.2) is 21.9 Å². The lowest BCUT2D eigenvalue weighted by molar-refractivity contribution is -0.356. The fraction of sp³-hybridized carbons (Fsp3) is 1.00. The van der Waals surface area contributed by atoms with Crippen LogP contribution >= 0.6 is 22.9 Å². The van der Waals surface area contributed by atoms with Crippen LogP contribution in [-0.2, 0) is 10.0 Å². The molecule has 0 fully saturated rings. The van der Waals surface area contributed by atoms with Gasteiger partial charge in [0.2, 0.25) is 10.0 Å². The quantitative estimate of drug-likeness (QED) is 0.0933. The summed E-state index contributed by atoms with van der Waals surface area (Å²) in [5.74, 6) is -3.94. The van der Waals surface area contributed by atoms with E-state index in [1.807, 2.05) is 22.9 Å². The number of alkyl halides is 14. The van der Waals surface area contributed by atoms with E-state index in [2.05, 4.69) is 4.72 Å². The maximum atomic E-state index is 14.1. The maximum absolute atomic E-state index is 14.1. The Bertz CT molecular complexity index is 741. The number of rotatable bonds is 14. The van der Waals surface area contributed by atoms with Gasteiger partial charge in [-0.3, -0.25) is 3.11 Å². The second-order valence-corrected chi connectivity index (χ2v) is 11.8. The van der Waals surface area contributed by atoms with E-state index >= 15 is 0 Å². The number of hydrogen-bond acceptors (Lipinski definition) is 3. The first-order chi connectivity index (χ1) is 16.2. The summed E-state index contributed by atoms with van der Waals surface area (Å²) in [6.07, 6.45) is -35.8. The lowest BCUT2D eigenvalue weighted by atomic mass is 9.80. The summed E-state index contributed by atoms with van der Waals surface area (Å²) in [5, 5.41) is 0. The number of sulfonamides is 1. The third-order valence-electron chi connectivity index (χ3n) is 5.18. The average molecular weight is 712 g/mol. The molecule has 0 aromatic rings. The molecule has 0 aliphatic heterocycles. The highest BCUT2D eigenvalue weighted by Gasteiger charge is 2.75. The van der Waals surface area contributed by atoms with Crippen LogP contribution in [0, 0.1) is 5.92 Å². The normalized spacial score (nSPS) is 15.2. The Kier molecular flexibility index (Phi) is 12.7. The third-order valence-corrected chi connectivity index (χ3v) is 7.13. The fourth-order valence-electron chi connectivity index (χ4n) is 3.18. The molecule has 0 spiro atoms. The molecule has 0 atom stereocenters. The van der Waals surface area contributed by atoms with Crippen molar-refractivity contribution in [3.8, 4) is 0 Å². The van der Waals surface area contributed by atoms with Gasteiger partial charge >= 0.3 is 24.7 Å². The van der Waals surface area contributed by atoms with Gasteiger partial charge in [-0.1, -0.05) is 12.8 Å². The van der Waals surface area contributed by atoms with Crippen LogP contribution in [-0.4, -0.2) is 73.5 Å². The largest absolute Gasteiger partial charge is 0.431 e. The number of unbranched alkanes of at least 4 members (excludes halogenated alkanes) is 1. The van der Waals surface area contributed by atoms with Crippen LogP contribution in [0.1, 0.15) is 38.5 Å². The third kappa shape index (κ3) is 10.6. The van der Waals surface area contributed by atoms with Crippen molar-refractivity contribution >= 4 is 32.9 Å². The standard InChI is InChI=1S/C17H23F14IN2O2S/c1-34(32)7-4-6-33-37(35,36)8-3-2-5-11(9-12(18,14(20,21)22)15(23,24)25)10-13(19,16(26,27)28)17(29,30)31/h11,33H,2-10H2,1H3. The van der Waals surface area contributed by atoms with Gasteiger partial charge in [0.05, 0.1) is 5.75 Å². The highest BCUT2D eigenvalue weighted by atomic mass is 127. The molecule has 37 heavy (non-hydrogen) atoms. The Morgan fingerprint density at radius 1 is 0.703 bits per heavy atom. The summed E-state index contributed by atoms with van der Waals surface area (Å²) >= 11 is 1.90. The number of hydrogen-bond donors (Lipinski definition) is 1. The summed E-state index contributed by atoms with van der Waals surface area (Å²) in [7, 11) is -2.41. The maximum Gasteiger partial charge on any atom is 0.431 e. The van der Waals surface area contributed by atoms with Crippen molar-refractivity contribution in [1.82, 2.24) is 7.84 Å². The molecule has 0 aliphatic rings. The monoisotopic (exact) mass is 712 g/mol. The minimum atomic E-state index is -6.81. The van der Waals surface area contributed by atoms with Crippen LogP contribution in [0.2, 0.25) is 0 Å². The molecule has 0 radical (unpaired) electrons. The van der Waals surface area contributed by atoms with E-state index in [1.54, 1.807) is 10.2 Å². The molecule has 0 aliphatic carbocycles. The van der Waals surface area contributed by atoms with Crippen LogP contribution in [0.25, 0.3) is 0 Å². The molecule has 0 rings (SSSR count). The number of halogens is 15. The lowest BCUT2D eigenvalue weighted by Crippen LogP contribution is -2.57. The molecule has 0 heterocycles. The molecule has 1 N–H and O–H groups in total. The predicted molar refractivity (Wildman–Crippen MR) is 112 cm³/mol. The van der Waals surface area contributed by atoms with E-state index in [0.717, 1.165) is 0 Å². The SMILES string of the molecule is CN(I)CCCNS(=O)(=O)CCCCC(CC(F)(C(F)(F)F)C(F)(F)F)CC(F)(C(F)(F)F)C(F)(F)F. The number of nitrogens with zero attached hydrogens (tertiary/aromatic N) is 1. The Morgan fingerprint density at radius 3 is 1.41 bits per heavy atom. The molecule has 4 nitrogen and oxygen atoms in total. The number of nitrogens with one attached hydrogen (secondary N) is 1.